The number of fused-ring (bicyclic) bond motifs is 1. The van der Waals surface area contributed by atoms with Crippen LogP contribution in [0, 0.1) is 17.5 Å². The summed E-state index contributed by atoms with van der Waals surface area (Å²) in [6.45, 7) is 0. The van der Waals surface area contributed by atoms with Crippen LogP contribution in [0.5, 0.6) is 0 Å². The Morgan fingerprint density at radius 2 is 1.36 bits per heavy atom. The van der Waals surface area contributed by atoms with E-state index in [0.29, 0.717) is 0 Å². The van der Waals surface area contributed by atoms with Gasteiger partial charge in [-0.2, -0.15) is 0 Å². The van der Waals surface area contributed by atoms with Gasteiger partial charge in [-0.3, -0.25) is 0 Å². The lowest BCUT2D eigenvalue weighted by atomic mass is 10.1. The summed E-state index contributed by atoms with van der Waals surface area (Å²) in [5, 5.41) is 0.174. The first-order valence-electron chi connectivity index (χ1n) is 3.93. The molecule has 2 N–H and O–H groups in total. The molecule has 0 saturated heterocycles. The SMILES string of the molecule is Nc1c(F)c(F)c(F)c2ccccc12. The quantitative estimate of drug-likeness (QED) is 0.510. The number of anilines is 1. The molecule has 0 unspecified atom stereocenters. The van der Waals surface area contributed by atoms with Gasteiger partial charge in [-0.1, -0.05) is 24.3 Å². The predicted molar refractivity (Wildman–Crippen MR) is 48.2 cm³/mol. The standard InChI is InChI=1S/C10H6F3N/c11-7-5-3-1-2-4-6(5)10(14)9(13)8(7)12/h1-4H,14H2. The third-order valence-corrected chi connectivity index (χ3v) is 2.08. The molecule has 2 aromatic rings. The van der Waals surface area contributed by atoms with Crippen LogP contribution in [0.3, 0.4) is 0 Å². The molecule has 0 bridgehead atoms. The van der Waals surface area contributed by atoms with E-state index in [-0.39, 0.29) is 16.5 Å². The molecule has 0 fully saturated rings. The van der Waals surface area contributed by atoms with Gasteiger partial charge in [0.05, 0.1) is 5.69 Å². The minimum Gasteiger partial charge on any atom is -0.396 e. The highest BCUT2D eigenvalue weighted by Crippen LogP contribution is 2.28. The molecule has 72 valence electrons. The Balaban J connectivity index is 3.02. The van der Waals surface area contributed by atoms with E-state index in [4.69, 9.17) is 5.73 Å². The molecule has 0 aromatic heterocycles. The lowest BCUT2D eigenvalue weighted by molar-refractivity contribution is 0.456. The smallest absolute Gasteiger partial charge is 0.197 e. The fraction of sp³-hybridized carbons (Fsp3) is 0. The highest BCUT2D eigenvalue weighted by Gasteiger charge is 2.17. The Morgan fingerprint density at radius 3 is 2.00 bits per heavy atom. The van der Waals surface area contributed by atoms with Crippen LogP contribution in [0.25, 0.3) is 10.8 Å². The van der Waals surface area contributed by atoms with Crippen LogP contribution in [0.4, 0.5) is 18.9 Å². The van der Waals surface area contributed by atoms with Crippen LogP contribution in [0.2, 0.25) is 0 Å². The van der Waals surface area contributed by atoms with Gasteiger partial charge < -0.3 is 5.73 Å². The molecule has 2 aromatic carbocycles. The zero-order chi connectivity index (χ0) is 10.3. The van der Waals surface area contributed by atoms with Gasteiger partial charge in [0.2, 0.25) is 0 Å². The Labute approximate surface area is 77.9 Å². The van der Waals surface area contributed by atoms with E-state index >= 15 is 0 Å². The molecule has 0 radical (unpaired) electrons. The Kier molecular flexibility index (Phi) is 1.84. The first-order valence-corrected chi connectivity index (χ1v) is 3.93. The Morgan fingerprint density at radius 1 is 0.786 bits per heavy atom. The molecule has 0 heterocycles. The molecule has 2 rings (SSSR count). The van der Waals surface area contributed by atoms with Crippen molar-refractivity contribution in [2.75, 3.05) is 5.73 Å². The number of nitrogens with two attached hydrogens (primary N) is 1. The fourth-order valence-corrected chi connectivity index (χ4v) is 1.36. The molecule has 0 saturated carbocycles. The van der Waals surface area contributed by atoms with E-state index in [0.717, 1.165) is 0 Å². The fourth-order valence-electron chi connectivity index (χ4n) is 1.36. The second-order valence-corrected chi connectivity index (χ2v) is 2.90. The average Bonchev–Trinajstić information content (AvgIpc) is 2.23. The largest absolute Gasteiger partial charge is 0.396 e. The lowest BCUT2D eigenvalue weighted by Crippen LogP contribution is -1.99. The van der Waals surface area contributed by atoms with Crippen molar-refractivity contribution < 1.29 is 13.2 Å². The summed E-state index contributed by atoms with van der Waals surface area (Å²) in [6.07, 6.45) is 0. The van der Waals surface area contributed by atoms with Gasteiger partial charge in [-0.15, -0.1) is 0 Å². The van der Waals surface area contributed by atoms with E-state index in [1.807, 2.05) is 0 Å². The average molecular weight is 197 g/mol. The Bertz CT molecular complexity index is 462. The van der Waals surface area contributed by atoms with Gasteiger partial charge in [-0.05, 0) is 0 Å². The molecule has 1 nitrogen and oxygen atoms in total. The van der Waals surface area contributed by atoms with Gasteiger partial charge in [0, 0.05) is 10.8 Å². The van der Waals surface area contributed by atoms with Crippen LogP contribution >= 0.6 is 0 Å². The number of rotatable bonds is 0. The van der Waals surface area contributed by atoms with E-state index in [1.54, 1.807) is 6.07 Å². The summed E-state index contributed by atoms with van der Waals surface area (Å²) in [5.74, 6) is -4.06. The second-order valence-electron chi connectivity index (χ2n) is 2.90. The molecule has 4 heteroatoms. The maximum atomic E-state index is 13.2. The predicted octanol–water partition coefficient (Wildman–Crippen LogP) is 2.84. The number of hydrogen-bond donors (Lipinski definition) is 1. The highest BCUT2D eigenvalue weighted by atomic mass is 19.2. The van der Waals surface area contributed by atoms with Crippen molar-refractivity contribution in [1.82, 2.24) is 0 Å². The number of nitrogen functional groups attached to an aromatic ring is 1. The molecule has 0 amide bonds. The first kappa shape index (κ1) is 8.87. The summed E-state index contributed by atoms with van der Waals surface area (Å²) >= 11 is 0. The van der Waals surface area contributed by atoms with Crippen molar-refractivity contribution >= 4 is 16.5 Å². The van der Waals surface area contributed by atoms with E-state index < -0.39 is 17.5 Å². The van der Waals surface area contributed by atoms with Crippen molar-refractivity contribution in [2.24, 2.45) is 0 Å². The van der Waals surface area contributed by atoms with Gasteiger partial charge in [0.25, 0.3) is 0 Å². The maximum absolute atomic E-state index is 13.2. The molecule has 0 aliphatic carbocycles. The van der Waals surface area contributed by atoms with Crippen LogP contribution in [0.15, 0.2) is 24.3 Å². The molecule has 0 spiro atoms. The third-order valence-electron chi connectivity index (χ3n) is 2.08. The van der Waals surface area contributed by atoms with Crippen molar-refractivity contribution in [3.8, 4) is 0 Å². The van der Waals surface area contributed by atoms with Crippen molar-refractivity contribution in [2.45, 2.75) is 0 Å². The molecule has 0 atom stereocenters. The summed E-state index contributed by atoms with van der Waals surface area (Å²) in [6, 6.07) is 5.90. The van der Waals surface area contributed by atoms with Gasteiger partial charge in [-0.25, -0.2) is 13.2 Å². The van der Waals surface area contributed by atoms with Crippen molar-refractivity contribution in [3.63, 3.8) is 0 Å². The van der Waals surface area contributed by atoms with Crippen LogP contribution < -0.4 is 5.73 Å². The van der Waals surface area contributed by atoms with E-state index in [9.17, 15) is 13.2 Å². The molecule has 0 aliphatic rings. The third kappa shape index (κ3) is 1.04. The monoisotopic (exact) mass is 197 g/mol. The normalized spacial score (nSPS) is 10.8. The summed E-state index contributed by atoms with van der Waals surface area (Å²) in [4.78, 5) is 0. The van der Waals surface area contributed by atoms with Gasteiger partial charge in [0.1, 0.15) is 0 Å². The molecular weight excluding hydrogens is 191 g/mol. The molecule has 0 aliphatic heterocycles. The van der Waals surface area contributed by atoms with Gasteiger partial charge >= 0.3 is 0 Å². The highest BCUT2D eigenvalue weighted by molar-refractivity contribution is 5.93. The molecule has 14 heavy (non-hydrogen) atoms. The van der Waals surface area contributed by atoms with E-state index in [1.165, 1.54) is 18.2 Å². The molecular formula is C10H6F3N. The topological polar surface area (TPSA) is 26.0 Å². The van der Waals surface area contributed by atoms with E-state index in [2.05, 4.69) is 0 Å². The minimum atomic E-state index is -1.53. The zero-order valence-corrected chi connectivity index (χ0v) is 7.02. The maximum Gasteiger partial charge on any atom is 0.197 e. The lowest BCUT2D eigenvalue weighted by Gasteiger charge is -2.05. The zero-order valence-electron chi connectivity index (χ0n) is 7.02. The Hall–Kier alpha value is -1.71. The van der Waals surface area contributed by atoms with Crippen molar-refractivity contribution in [1.29, 1.82) is 0 Å². The first-order chi connectivity index (χ1) is 6.63. The summed E-state index contributed by atoms with van der Waals surface area (Å²) in [7, 11) is 0. The summed E-state index contributed by atoms with van der Waals surface area (Å²) < 4.78 is 39.0. The summed E-state index contributed by atoms with van der Waals surface area (Å²) in [5.41, 5.74) is 4.94. The minimum absolute atomic E-state index is 0.0103. The second kappa shape index (κ2) is 2.90. The van der Waals surface area contributed by atoms with Crippen LogP contribution in [-0.4, -0.2) is 0 Å². The van der Waals surface area contributed by atoms with Crippen LogP contribution in [0.1, 0.15) is 0 Å². The van der Waals surface area contributed by atoms with Gasteiger partial charge in [0.15, 0.2) is 17.5 Å². The number of benzene rings is 2. The number of hydrogen-bond acceptors (Lipinski definition) is 1. The van der Waals surface area contributed by atoms with Crippen LogP contribution in [-0.2, 0) is 0 Å². The number of halogens is 3. The van der Waals surface area contributed by atoms with Crippen molar-refractivity contribution in [3.05, 3.63) is 41.7 Å².